The minimum atomic E-state index is -0.636. The summed E-state index contributed by atoms with van der Waals surface area (Å²) in [5.74, 6) is -1.35. The lowest BCUT2D eigenvalue weighted by Gasteiger charge is -2.39. The van der Waals surface area contributed by atoms with Gasteiger partial charge in [0.2, 0.25) is 0 Å². The van der Waals surface area contributed by atoms with E-state index in [2.05, 4.69) is 19.9 Å². The molecule has 35 heavy (non-hydrogen) atoms. The minimum absolute atomic E-state index is 0.0933. The zero-order valence-corrected chi connectivity index (χ0v) is 18.9. The number of hydrogen-bond acceptors (Lipinski definition) is 6. The third-order valence-electron chi connectivity index (χ3n) is 6.18. The molecule has 176 valence electrons. The van der Waals surface area contributed by atoms with Crippen LogP contribution in [0.4, 0.5) is 0 Å². The summed E-state index contributed by atoms with van der Waals surface area (Å²) in [6, 6.07) is 10.3. The standard InChI is InChI=1S/C25H22N6O4/c1-15-14-30(23(33)16-5-3-2-4-6-16)9-10-31(15)24(34)22(32)19-13-27-21-18(19)7-8-26-20(21)17-11-28-25(35)29-12-17/h2-8,11-13,15,27H,9-10,14H2,1H3,(H,28,29,35)/t15-/m1/s1. The topological polar surface area (TPSA) is 132 Å². The molecule has 4 heterocycles. The average molecular weight is 470 g/mol. The third kappa shape index (κ3) is 4.10. The van der Waals surface area contributed by atoms with Crippen molar-refractivity contribution in [1.82, 2.24) is 29.7 Å². The normalized spacial score (nSPS) is 15.9. The number of aromatic nitrogens is 4. The van der Waals surface area contributed by atoms with E-state index in [1.807, 2.05) is 25.1 Å². The highest BCUT2D eigenvalue weighted by molar-refractivity contribution is 6.45. The molecule has 0 aliphatic carbocycles. The van der Waals surface area contributed by atoms with E-state index in [1.165, 1.54) is 29.7 Å². The van der Waals surface area contributed by atoms with Gasteiger partial charge in [0.25, 0.3) is 17.6 Å². The van der Waals surface area contributed by atoms with Crippen LogP contribution in [-0.2, 0) is 4.79 Å². The lowest BCUT2D eigenvalue weighted by molar-refractivity contribution is -0.130. The van der Waals surface area contributed by atoms with Crippen molar-refractivity contribution in [3.05, 3.63) is 82.8 Å². The monoisotopic (exact) mass is 470 g/mol. The van der Waals surface area contributed by atoms with E-state index in [1.54, 1.807) is 23.1 Å². The first kappa shape index (κ1) is 22.2. The average Bonchev–Trinajstić information content (AvgIpc) is 3.33. The molecule has 0 bridgehead atoms. The van der Waals surface area contributed by atoms with Gasteiger partial charge in [-0.15, -0.1) is 0 Å². The number of nitrogens with zero attached hydrogens (tertiary/aromatic N) is 4. The molecule has 1 aromatic carbocycles. The van der Waals surface area contributed by atoms with Crippen molar-refractivity contribution in [3.63, 3.8) is 0 Å². The summed E-state index contributed by atoms with van der Waals surface area (Å²) in [6.45, 7) is 2.78. The van der Waals surface area contributed by atoms with Gasteiger partial charge < -0.3 is 19.8 Å². The van der Waals surface area contributed by atoms with E-state index < -0.39 is 17.4 Å². The Labute approximate surface area is 199 Å². The first-order valence-corrected chi connectivity index (χ1v) is 11.1. The number of aromatic amines is 2. The molecular weight excluding hydrogens is 448 g/mol. The highest BCUT2D eigenvalue weighted by atomic mass is 16.2. The summed E-state index contributed by atoms with van der Waals surface area (Å²) >= 11 is 0. The largest absolute Gasteiger partial charge is 0.359 e. The van der Waals surface area contributed by atoms with Gasteiger partial charge in [-0.3, -0.25) is 19.4 Å². The van der Waals surface area contributed by atoms with Crippen LogP contribution in [0.3, 0.4) is 0 Å². The Balaban J connectivity index is 1.35. The fraction of sp³-hybridized carbons (Fsp3) is 0.200. The molecule has 0 radical (unpaired) electrons. The summed E-state index contributed by atoms with van der Waals surface area (Å²) in [6.07, 6.45) is 5.91. The van der Waals surface area contributed by atoms with E-state index >= 15 is 0 Å². The number of nitrogens with one attached hydrogen (secondary N) is 2. The predicted molar refractivity (Wildman–Crippen MR) is 128 cm³/mol. The van der Waals surface area contributed by atoms with Crippen molar-refractivity contribution in [2.75, 3.05) is 19.6 Å². The van der Waals surface area contributed by atoms with Gasteiger partial charge in [0.05, 0.1) is 16.8 Å². The van der Waals surface area contributed by atoms with Crippen LogP contribution in [-0.4, -0.2) is 73.0 Å². The van der Waals surface area contributed by atoms with Crippen molar-refractivity contribution in [3.8, 4) is 11.3 Å². The highest BCUT2D eigenvalue weighted by Gasteiger charge is 2.34. The van der Waals surface area contributed by atoms with Crippen molar-refractivity contribution in [1.29, 1.82) is 0 Å². The molecule has 0 spiro atoms. The van der Waals surface area contributed by atoms with Gasteiger partial charge in [-0.05, 0) is 25.1 Å². The van der Waals surface area contributed by atoms with Crippen LogP contribution in [0, 0.1) is 0 Å². The van der Waals surface area contributed by atoms with E-state index in [-0.39, 0.29) is 24.1 Å². The first-order chi connectivity index (χ1) is 16.9. The van der Waals surface area contributed by atoms with Gasteiger partial charge >= 0.3 is 5.69 Å². The lowest BCUT2D eigenvalue weighted by Crippen LogP contribution is -2.56. The van der Waals surface area contributed by atoms with Crippen LogP contribution >= 0.6 is 0 Å². The number of pyridine rings is 1. The summed E-state index contributed by atoms with van der Waals surface area (Å²) in [4.78, 5) is 67.3. The zero-order chi connectivity index (χ0) is 24.5. The quantitative estimate of drug-likeness (QED) is 0.346. The summed E-state index contributed by atoms with van der Waals surface area (Å²) in [5.41, 5.74) is 1.98. The fourth-order valence-corrected chi connectivity index (χ4v) is 4.39. The molecule has 1 saturated heterocycles. The van der Waals surface area contributed by atoms with Crippen molar-refractivity contribution in [2.24, 2.45) is 0 Å². The Hall–Kier alpha value is -4.60. The maximum absolute atomic E-state index is 13.2. The number of Topliss-reactive ketones (excluding diaryl/α,β-unsaturated/α-hetero) is 1. The molecule has 1 aliphatic heterocycles. The molecule has 0 unspecified atom stereocenters. The second-order valence-electron chi connectivity index (χ2n) is 8.39. The van der Waals surface area contributed by atoms with Crippen molar-refractivity contribution >= 4 is 28.5 Å². The maximum atomic E-state index is 13.2. The van der Waals surface area contributed by atoms with Crippen LogP contribution in [0.15, 0.2) is 66.0 Å². The van der Waals surface area contributed by atoms with E-state index in [0.29, 0.717) is 40.8 Å². The van der Waals surface area contributed by atoms with Crippen LogP contribution in [0.25, 0.3) is 22.2 Å². The van der Waals surface area contributed by atoms with Crippen molar-refractivity contribution in [2.45, 2.75) is 13.0 Å². The van der Waals surface area contributed by atoms with Gasteiger partial charge in [0.15, 0.2) is 0 Å². The zero-order valence-electron chi connectivity index (χ0n) is 18.9. The number of benzene rings is 1. The van der Waals surface area contributed by atoms with E-state index in [9.17, 15) is 19.2 Å². The molecule has 3 aromatic heterocycles. The highest BCUT2D eigenvalue weighted by Crippen LogP contribution is 2.27. The number of carbonyl (C=O) groups excluding carboxylic acids is 3. The molecule has 2 amide bonds. The number of fused-ring (bicyclic) bond motifs is 1. The molecule has 4 aromatic rings. The first-order valence-electron chi connectivity index (χ1n) is 11.1. The van der Waals surface area contributed by atoms with Gasteiger partial charge in [0, 0.05) is 67.0 Å². The number of ketones is 1. The number of H-pyrrole nitrogens is 2. The Morgan fingerprint density at radius 1 is 1.00 bits per heavy atom. The van der Waals surface area contributed by atoms with Gasteiger partial charge in [0.1, 0.15) is 0 Å². The molecule has 1 fully saturated rings. The van der Waals surface area contributed by atoms with Crippen LogP contribution in [0.2, 0.25) is 0 Å². The lowest BCUT2D eigenvalue weighted by atomic mass is 10.1. The smallest absolute Gasteiger partial charge is 0.344 e. The van der Waals surface area contributed by atoms with Crippen LogP contribution in [0.5, 0.6) is 0 Å². The number of amides is 2. The molecular formula is C25H22N6O4. The van der Waals surface area contributed by atoms with E-state index in [0.717, 1.165) is 0 Å². The molecule has 1 aliphatic rings. The number of hydrogen-bond donors (Lipinski definition) is 2. The van der Waals surface area contributed by atoms with Gasteiger partial charge in [-0.2, -0.15) is 0 Å². The second kappa shape index (κ2) is 8.98. The Morgan fingerprint density at radius 3 is 2.51 bits per heavy atom. The van der Waals surface area contributed by atoms with Crippen LogP contribution in [0.1, 0.15) is 27.6 Å². The molecule has 0 saturated carbocycles. The predicted octanol–water partition coefficient (Wildman–Crippen LogP) is 1.87. The number of piperazine rings is 1. The second-order valence-corrected chi connectivity index (χ2v) is 8.39. The Kier molecular flexibility index (Phi) is 5.69. The van der Waals surface area contributed by atoms with Gasteiger partial charge in [-0.1, -0.05) is 18.2 Å². The number of carbonyl (C=O) groups is 3. The Bertz CT molecular complexity index is 1470. The Morgan fingerprint density at radius 2 is 1.80 bits per heavy atom. The fourth-order valence-electron chi connectivity index (χ4n) is 4.39. The minimum Gasteiger partial charge on any atom is -0.359 e. The molecule has 5 rings (SSSR count). The summed E-state index contributed by atoms with van der Waals surface area (Å²) < 4.78 is 0. The summed E-state index contributed by atoms with van der Waals surface area (Å²) in [5, 5.41) is 0.546. The SMILES string of the molecule is C[C@@H]1CN(C(=O)c2ccccc2)CCN1C(=O)C(=O)c1c[nH]c2c(-c3cnc(=O)[nH]c3)nccc12. The van der Waals surface area contributed by atoms with Crippen LogP contribution < -0.4 is 5.69 Å². The molecule has 1 atom stereocenters. The van der Waals surface area contributed by atoms with Gasteiger partial charge in [-0.25, -0.2) is 9.78 Å². The van der Waals surface area contributed by atoms with E-state index in [4.69, 9.17) is 0 Å². The third-order valence-corrected chi connectivity index (χ3v) is 6.18. The van der Waals surface area contributed by atoms with Crippen molar-refractivity contribution < 1.29 is 14.4 Å². The number of rotatable bonds is 4. The molecule has 10 heteroatoms. The molecule has 2 N–H and O–H groups in total. The molecule has 10 nitrogen and oxygen atoms in total. The maximum Gasteiger partial charge on any atom is 0.344 e. The summed E-state index contributed by atoms with van der Waals surface area (Å²) in [7, 11) is 0.